The molecular weight excluding hydrogens is 248 g/mol. The summed E-state index contributed by atoms with van der Waals surface area (Å²) in [5.41, 5.74) is 0. The van der Waals surface area contributed by atoms with Crippen LogP contribution in [0, 0.1) is 17.8 Å². The Morgan fingerprint density at radius 3 is 2.38 bits per heavy atom. The van der Waals surface area contributed by atoms with Crippen LogP contribution in [-0.2, 0) is 13.8 Å². The number of halogens is 1. The average Bonchev–Trinajstić information content (AvgIpc) is 2.87. The zero-order valence-corrected chi connectivity index (χ0v) is 11.0. The molecule has 3 nitrogen and oxygen atoms in total. The maximum Gasteiger partial charge on any atom is 0.232 e. The summed E-state index contributed by atoms with van der Waals surface area (Å²) in [6.45, 7) is 1.36. The fourth-order valence-corrected chi connectivity index (χ4v) is 3.55. The van der Waals surface area contributed by atoms with E-state index in [2.05, 4.69) is 0 Å². The monoisotopic (exact) mass is 266 g/mol. The minimum absolute atomic E-state index is 0.0733. The molecule has 2 fully saturated rings. The highest BCUT2D eigenvalue weighted by atomic mass is 35.7. The molecule has 0 spiro atoms. The van der Waals surface area contributed by atoms with E-state index in [-0.39, 0.29) is 11.7 Å². The molecule has 0 aromatic heterocycles. The maximum absolute atomic E-state index is 11.0. The molecule has 0 aromatic rings. The first-order chi connectivity index (χ1) is 7.54. The summed E-state index contributed by atoms with van der Waals surface area (Å²) in [4.78, 5) is 0. The van der Waals surface area contributed by atoms with Crippen molar-refractivity contribution in [3.63, 3.8) is 0 Å². The summed E-state index contributed by atoms with van der Waals surface area (Å²) in [6, 6.07) is 0. The highest BCUT2D eigenvalue weighted by Gasteiger charge is 2.34. The van der Waals surface area contributed by atoms with Gasteiger partial charge < -0.3 is 4.74 Å². The molecule has 0 amide bonds. The van der Waals surface area contributed by atoms with Crippen LogP contribution in [0.1, 0.15) is 32.1 Å². The summed E-state index contributed by atoms with van der Waals surface area (Å²) in [7, 11) is 1.92. The molecule has 1 unspecified atom stereocenters. The van der Waals surface area contributed by atoms with E-state index >= 15 is 0 Å². The largest absolute Gasteiger partial charge is 0.381 e. The fourth-order valence-electron chi connectivity index (χ4n) is 2.19. The van der Waals surface area contributed by atoms with Gasteiger partial charge in [0.1, 0.15) is 0 Å². The summed E-state index contributed by atoms with van der Waals surface area (Å²) in [5, 5.41) is 0. The van der Waals surface area contributed by atoms with Crippen LogP contribution in [-0.4, -0.2) is 27.4 Å². The Morgan fingerprint density at radius 1 is 1.25 bits per heavy atom. The first-order valence-electron chi connectivity index (χ1n) is 6.04. The van der Waals surface area contributed by atoms with Crippen molar-refractivity contribution in [2.75, 3.05) is 19.0 Å². The van der Waals surface area contributed by atoms with Gasteiger partial charge in [-0.1, -0.05) is 6.42 Å². The molecule has 5 heteroatoms. The van der Waals surface area contributed by atoms with Crippen LogP contribution in [0.4, 0.5) is 0 Å². The lowest BCUT2D eigenvalue weighted by Gasteiger charge is -2.26. The first-order valence-corrected chi connectivity index (χ1v) is 8.52. The van der Waals surface area contributed by atoms with E-state index in [4.69, 9.17) is 15.4 Å². The van der Waals surface area contributed by atoms with E-state index in [0.717, 1.165) is 19.4 Å². The molecule has 2 saturated carbocycles. The van der Waals surface area contributed by atoms with E-state index in [1.54, 1.807) is 0 Å². The van der Waals surface area contributed by atoms with E-state index < -0.39 is 9.05 Å². The molecule has 0 aliphatic heterocycles. The van der Waals surface area contributed by atoms with Crippen LogP contribution < -0.4 is 0 Å². The third-order valence-corrected chi connectivity index (χ3v) is 4.82. The molecule has 16 heavy (non-hydrogen) atoms. The molecule has 2 aliphatic carbocycles. The van der Waals surface area contributed by atoms with Gasteiger partial charge in [-0.25, -0.2) is 8.42 Å². The highest BCUT2D eigenvalue weighted by Crippen LogP contribution is 2.38. The van der Waals surface area contributed by atoms with Crippen LogP contribution in [0.5, 0.6) is 0 Å². The van der Waals surface area contributed by atoms with Gasteiger partial charge >= 0.3 is 0 Å². The van der Waals surface area contributed by atoms with Gasteiger partial charge in [0.15, 0.2) is 0 Å². The lowest BCUT2D eigenvalue weighted by molar-refractivity contribution is 0.0479. The van der Waals surface area contributed by atoms with Crippen molar-refractivity contribution >= 4 is 19.7 Å². The van der Waals surface area contributed by atoms with Crippen molar-refractivity contribution in [3.05, 3.63) is 0 Å². The van der Waals surface area contributed by atoms with E-state index in [1.807, 2.05) is 0 Å². The minimum atomic E-state index is -3.38. The van der Waals surface area contributed by atoms with Crippen molar-refractivity contribution < 1.29 is 13.2 Å². The fraction of sp³-hybridized carbons (Fsp3) is 1.00. The minimum Gasteiger partial charge on any atom is -0.381 e. The number of ether oxygens (including phenoxy) is 1. The Balaban J connectivity index is 1.69. The molecular formula is C11H19ClO3S. The third kappa shape index (κ3) is 4.22. The van der Waals surface area contributed by atoms with Gasteiger partial charge in [0, 0.05) is 23.2 Å². The van der Waals surface area contributed by atoms with Gasteiger partial charge in [-0.05, 0) is 37.5 Å². The molecule has 94 valence electrons. The second-order valence-electron chi connectivity index (χ2n) is 5.14. The third-order valence-electron chi connectivity index (χ3n) is 3.61. The second-order valence-corrected chi connectivity index (χ2v) is 7.96. The van der Waals surface area contributed by atoms with Crippen LogP contribution in [0.2, 0.25) is 0 Å². The van der Waals surface area contributed by atoms with Gasteiger partial charge in [0.2, 0.25) is 9.05 Å². The smallest absolute Gasteiger partial charge is 0.232 e. The van der Waals surface area contributed by atoms with E-state index in [1.165, 1.54) is 19.3 Å². The van der Waals surface area contributed by atoms with Crippen molar-refractivity contribution in [1.29, 1.82) is 0 Å². The first kappa shape index (κ1) is 12.7. The predicted molar refractivity (Wildman–Crippen MR) is 64.0 cm³/mol. The summed E-state index contributed by atoms with van der Waals surface area (Å²) in [5.74, 6) is 1.43. The number of hydrogen-bond acceptors (Lipinski definition) is 3. The van der Waals surface area contributed by atoms with Crippen molar-refractivity contribution in [1.82, 2.24) is 0 Å². The molecule has 0 saturated heterocycles. The normalized spacial score (nSPS) is 24.1. The SMILES string of the molecule is O=S(=O)(Cl)CC(COCC1CCC1)C1CC1. The zero-order chi connectivity index (χ0) is 11.6. The van der Waals surface area contributed by atoms with Crippen molar-refractivity contribution in [3.8, 4) is 0 Å². The predicted octanol–water partition coefficient (Wildman–Crippen LogP) is 2.40. The standard InChI is InChI=1S/C11H19ClO3S/c12-16(13,14)8-11(10-4-5-10)7-15-6-9-2-1-3-9/h9-11H,1-8H2. The highest BCUT2D eigenvalue weighted by molar-refractivity contribution is 8.13. The van der Waals surface area contributed by atoms with Crippen LogP contribution in [0.3, 0.4) is 0 Å². The Kier molecular flexibility index (Phi) is 4.14. The van der Waals surface area contributed by atoms with Gasteiger partial charge in [-0.15, -0.1) is 0 Å². The Bertz CT molecular complexity index is 320. The van der Waals surface area contributed by atoms with E-state index in [0.29, 0.717) is 18.4 Å². The molecule has 0 radical (unpaired) electrons. The van der Waals surface area contributed by atoms with Gasteiger partial charge in [-0.2, -0.15) is 0 Å². The topological polar surface area (TPSA) is 43.4 Å². The Morgan fingerprint density at radius 2 is 1.94 bits per heavy atom. The Labute approximate surface area is 102 Å². The zero-order valence-electron chi connectivity index (χ0n) is 9.40. The Hall–Kier alpha value is 0.200. The van der Waals surface area contributed by atoms with Gasteiger partial charge in [0.05, 0.1) is 12.4 Å². The number of rotatable bonds is 7. The maximum atomic E-state index is 11.0. The molecule has 2 aliphatic rings. The van der Waals surface area contributed by atoms with Gasteiger partial charge in [-0.3, -0.25) is 0 Å². The van der Waals surface area contributed by atoms with E-state index in [9.17, 15) is 8.42 Å². The van der Waals surface area contributed by atoms with Crippen LogP contribution in [0.25, 0.3) is 0 Å². The average molecular weight is 267 g/mol. The van der Waals surface area contributed by atoms with Crippen LogP contribution >= 0.6 is 10.7 Å². The lowest BCUT2D eigenvalue weighted by atomic mass is 9.86. The molecule has 2 rings (SSSR count). The summed E-state index contributed by atoms with van der Waals surface area (Å²) in [6.07, 6.45) is 6.10. The van der Waals surface area contributed by atoms with Crippen molar-refractivity contribution in [2.45, 2.75) is 32.1 Å². The molecule has 0 heterocycles. The molecule has 0 aromatic carbocycles. The quantitative estimate of drug-likeness (QED) is 0.665. The van der Waals surface area contributed by atoms with Gasteiger partial charge in [0.25, 0.3) is 0 Å². The molecule has 0 N–H and O–H groups in total. The second kappa shape index (κ2) is 5.23. The summed E-state index contributed by atoms with van der Waals surface area (Å²) < 4.78 is 27.7. The molecule has 0 bridgehead atoms. The van der Waals surface area contributed by atoms with Crippen LogP contribution in [0.15, 0.2) is 0 Å². The van der Waals surface area contributed by atoms with Crippen molar-refractivity contribution in [2.24, 2.45) is 17.8 Å². The lowest BCUT2D eigenvalue weighted by Crippen LogP contribution is -2.24. The molecule has 1 atom stereocenters. The summed E-state index contributed by atoms with van der Waals surface area (Å²) >= 11 is 0. The number of hydrogen-bond donors (Lipinski definition) is 0.